The topological polar surface area (TPSA) is 171 Å². The Bertz CT molecular complexity index is 1630. The van der Waals surface area contributed by atoms with Gasteiger partial charge < -0.3 is 25.0 Å². The second-order valence-electron chi connectivity index (χ2n) is 9.09. The van der Waals surface area contributed by atoms with E-state index in [1.54, 1.807) is 43.7 Å². The number of anilines is 1. The van der Waals surface area contributed by atoms with E-state index in [2.05, 4.69) is 10.5 Å². The third-order valence-electron chi connectivity index (χ3n) is 6.23. The summed E-state index contributed by atoms with van der Waals surface area (Å²) in [6, 6.07) is 16.7. The Hall–Kier alpha value is -4.55. The van der Waals surface area contributed by atoms with Crippen molar-refractivity contribution in [3.63, 3.8) is 0 Å². The molecule has 1 unspecified atom stereocenters. The number of hydrogen-bond donors (Lipinski definition) is 4. The summed E-state index contributed by atoms with van der Waals surface area (Å²) >= 11 is 0. The molecule has 0 radical (unpaired) electrons. The van der Waals surface area contributed by atoms with E-state index in [0.29, 0.717) is 23.2 Å². The number of nitrogens with one attached hydrogen (secondary N) is 2. The number of oxime groups is 1. The second-order valence-corrected chi connectivity index (χ2v) is 10.4. The first-order valence-corrected chi connectivity index (χ1v) is 13.9. The number of nitrogens with zero attached hydrogens (tertiary/aromatic N) is 1. The van der Waals surface area contributed by atoms with Gasteiger partial charge in [-0.3, -0.25) is 4.79 Å². The first-order chi connectivity index (χ1) is 19.1. The van der Waals surface area contributed by atoms with Crippen molar-refractivity contribution in [1.82, 2.24) is 4.72 Å². The minimum absolute atomic E-state index is 0.164. The molecule has 6 N–H and O–H groups in total. The summed E-state index contributed by atoms with van der Waals surface area (Å²) in [5.41, 5.74) is 11.2. The van der Waals surface area contributed by atoms with Gasteiger partial charge in [-0.2, -0.15) is 8.42 Å². The third-order valence-corrected chi connectivity index (χ3v) is 6.72. The van der Waals surface area contributed by atoms with E-state index in [1.165, 1.54) is 0 Å². The fraction of sp³-hybridized carbons (Fsp3) is 0.214. The number of benzene rings is 3. The molecule has 1 heterocycles. The highest BCUT2D eigenvalue weighted by Crippen LogP contribution is 2.30. The van der Waals surface area contributed by atoms with Crippen LogP contribution in [0.4, 0.5) is 5.69 Å². The van der Waals surface area contributed by atoms with Crippen LogP contribution in [0.25, 0.3) is 11.0 Å². The van der Waals surface area contributed by atoms with E-state index in [4.69, 9.17) is 24.9 Å². The minimum atomic E-state index is -4.29. The van der Waals surface area contributed by atoms with Crippen LogP contribution in [0.15, 0.2) is 76.5 Å². The molecule has 1 aromatic heterocycles. The molecule has 210 valence electrons. The fourth-order valence-electron chi connectivity index (χ4n) is 4.14. The Kier molecular flexibility index (Phi) is 8.61. The predicted octanol–water partition coefficient (Wildman–Crippen LogP) is 3.62. The Labute approximate surface area is 232 Å². The molecule has 4 rings (SSSR count). The maximum atomic E-state index is 13.0. The Morgan fingerprint density at radius 2 is 1.80 bits per heavy atom. The average Bonchev–Trinajstić information content (AvgIpc) is 3.31. The van der Waals surface area contributed by atoms with Crippen LogP contribution in [0.1, 0.15) is 40.8 Å². The predicted molar refractivity (Wildman–Crippen MR) is 153 cm³/mol. The number of carbonyl (C=O) groups is 1. The van der Waals surface area contributed by atoms with Crippen LogP contribution in [0.5, 0.6) is 5.75 Å². The number of ether oxygens (including phenoxy) is 1. The van der Waals surface area contributed by atoms with Crippen LogP contribution in [-0.4, -0.2) is 27.3 Å². The largest absolute Gasteiger partial charge is 0.497 e. The van der Waals surface area contributed by atoms with Gasteiger partial charge in [-0.05, 0) is 84.1 Å². The molecule has 11 nitrogen and oxygen atoms in total. The maximum Gasteiger partial charge on any atom is 0.298 e. The molecule has 3 aromatic carbocycles. The van der Waals surface area contributed by atoms with E-state index < -0.39 is 22.2 Å². The lowest BCUT2D eigenvalue weighted by Gasteiger charge is -2.20. The van der Waals surface area contributed by atoms with Gasteiger partial charge in [-0.15, -0.1) is 0 Å². The Balaban J connectivity index is 1.54. The molecule has 0 fully saturated rings. The van der Waals surface area contributed by atoms with Gasteiger partial charge in [0.2, 0.25) is 0 Å². The molecular formula is C28H31N5O6S. The third kappa shape index (κ3) is 6.90. The number of aryl methyl sites for hydroxylation is 2. The standard InChI is InChI=1S/C28H31N5O6S/c1-4-19-13-21(14-24-17(2)15-38-26(19)24)25(28(34)33-40(30,35)36)31-22-9-7-20(8-10-22)27(29)32-39-16-18-5-11-23(37-3)12-6-18/h5-15,25,31H,4,16H2,1-3H3,(H2,29,32)(H,33,34)(H2,30,35,36). The van der Waals surface area contributed by atoms with Gasteiger partial charge >= 0.3 is 0 Å². The van der Waals surface area contributed by atoms with Gasteiger partial charge in [0.25, 0.3) is 16.1 Å². The number of fused-ring (bicyclic) bond motifs is 1. The molecule has 0 aliphatic carbocycles. The first-order valence-electron chi connectivity index (χ1n) is 12.4. The highest BCUT2D eigenvalue weighted by Gasteiger charge is 2.25. The van der Waals surface area contributed by atoms with Crippen molar-refractivity contribution in [2.45, 2.75) is 32.9 Å². The van der Waals surface area contributed by atoms with E-state index in [-0.39, 0.29) is 12.4 Å². The monoisotopic (exact) mass is 565 g/mol. The number of rotatable bonds is 11. The molecule has 40 heavy (non-hydrogen) atoms. The van der Waals surface area contributed by atoms with Gasteiger partial charge in [0, 0.05) is 16.6 Å². The summed E-state index contributed by atoms with van der Waals surface area (Å²) in [6.45, 7) is 4.09. The van der Waals surface area contributed by atoms with Crippen molar-refractivity contribution in [2.24, 2.45) is 16.0 Å². The van der Waals surface area contributed by atoms with E-state index in [9.17, 15) is 13.2 Å². The lowest BCUT2D eigenvalue weighted by atomic mass is 9.98. The molecule has 4 aromatic rings. The molecule has 0 saturated heterocycles. The zero-order chi connectivity index (χ0) is 28.9. The normalized spacial score (nSPS) is 12.7. The first kappa shape index (κ1) is 28.5. The lowest BCUT2D eigenvalue weighted by molar-refractivity contribution is -0.120. The second kappa shape index (κ2) is 12.1. The van der Waals surface area contributed by atoms with Crippen LogP contribution in [0.3, 0.4) is 0 Å². The van der Waals surface area contributed by atoms with E-state index in [1.807, 2.05) is 48.9 Å². The molecule has 0 aliphatic heterocycles. The molecule has 0 bridgehead atoms. The zero-order valence-corrected chi connectivity index (χ0v) is 23.1. The summed E-state index contributed by atoms with van der Waals surface area (Å²) < 4.78 is 36.0. The molecule has 0 aliphatic rings. The number of carbonyl (C=O) groups excluding carboxylic acids is 1. The van der Waals surface area contributed by atoms with Crippen LogP contribution in [-0.2, 0) is 32.9 Å². The van der Waals surface area contributed by atoms with E-state index in [0.717, 1.165) is 33.4 Å². The molecule has 0 saturated carbocycles. The number of amidine groups is 1. The smallest absolute Gasteiger partial charge is 0.298 e. The van der Waals surface area contributed by atoms with Crippen LogP contribution < -0.4 is 25.6 Å². The summed E-state index contributed by atoms with van der Waals surface area (Å²) in [4.78, 5) is 18.4. The maximum absolute atomic E-state index is 13.0. The summed E-state index contributed by atoms with van der Waals surface area (Å²) in [6.07, 6.45) is 2.29. The molecule has 0 spiro atoms. The summed E-state index contributed by atoms with van der Waals surface area (Å²) in [5.74, 6) is 0.0759. The quantitative estimate of drug-likeness (QED) is 0.121. The highest BCUT2D eigenvalue weighted by molar-refractivity contribution is 7.87. The highest BCUT2D eigenvalue weighted by atomic mass is 32.2. The van der Waals surface area contributed by atoms with Gasteiger partial charge in [0.1, 0.15) is 24.0 Å². The van der Waals surface area contributed by atoms with Gasteiger partial charge in [-0.1, -0.05) is 24.2 Å². The van der Waals surface area contributed by atoms with Crippen LogP contribution in [0, 0.1) is 6.92 Å². The number of nitrogens with two attached hydrogens (primary N) is 2. The van der Waals surface area contributed by atoms with Crippen LogP contribution in [0.2, 0.25) is 0 Å². The average molecular weight is 566 g/mol. The van der Waals surface area contributed by atoms with Crippen molar-refractivity contribution in [3.05, 3.63) is 94.7 Å². The Morgan fingerprint density at radius 3 is 2.42 bits per heavy atom. The number of furan rings is 1. The lowest BCUT2D eigenvalue weighted by Crippen LogP contribution is -2.41. The summed E-state index contributed by atoms with van der Waals surface area (Å²) in [7, 11) is -2.69. The zero-order valence-electron chi connectivity index (χ0n) is 22.3. The number of hydrogen-bond acceptors (Lipinski definition) is 8. The van der Waals surface area contributed by atoms with Crippen LogP contribution >= 0.6 is 0 Å². The van der Waals surface area contributed by atoms with Crippen molar-refractivity contribution in [1.29, 1.82) is 0 Å². The SMILES string of the molecule is CCc1cc(C(Nc2ccc(/C(N)=N\OCc3ccc(OC)cc3)cc2)C(=O)NS(N)(=O)=O)cc2c(C)coc12. The fourth-order valence-corrected chi connectivity index (χ4v) is 4.54. The molecule has 12 heteroatoms. The van der Waals surface area contributed by atoms with E-state index >= 15 is 0 Å². The van der Waals surface area contributed by atoms with Crippen molar-refractivity contribution >= 4 is 38.6 Å². The van der Waals surface area contributed by atoms with Gasteiger partial charge in [0.15, 0.2) is 5.84 Å². The van der Waals surface area contributed by atoms with Gasteiger partial charge in [0.05, 0.1) is 13.4 Å². The van der Waals surface area contributed by atoms with Crippen molar-refractivity contribution < 1.29 is 27.2 Å². The Morgan fingerprint density at radius 1 is 1.10 bits per heavy atom. The number of amides is 1. The summed E-state index contributed by atoms with van der Waals surface area (Å²) in [5, 5.41) is 13.0. The molecule has 1 atom stereocenters. The minimum Gasteiger partial charge on any atom is -0.497 e. The van der Waals surface area contributed by atoms with Gasteiger partial charge in [-0.25, -0.2) is 9.86 Å². The molecule has 1 amide bonds. The molecular weight excluding hydrogens is 534 g/mol. The van der Waals surface area contributed by atoms with Crippen molar-refractivity contribution in [3.8, 4) is 5.75 Å². The number of methoxy groups -OCH3 is 1. The van der Waals surface area contributed by atoms with Crippen molar-refractivity contribution in [2.75, 3.05) is 12.4 Å².